The summed E-state index contributed by atoms with van der Waals surface area (Å²) in [5.41, 5.74) is 1.39. The monoisotopic (exact) mass is 520 g/mol. The van der Waals surface area contributed by atoms with Gasteiger partial charge < -0.3 is 24.5 Å². The summed E-state index contributed by atoms with van der Waals surface area (Å²) in [4.78, 5) is 24.1. The number of rotatable bonds is 11. The third kappa shape index (κ3) is 6.86. The number of amides is 1. The minimum Gasteiger partial charge on any atom is -0.390 e. The average Bonchev–Trinajstić information content (AvgIpc) is 3.17. The minimum absolute atomic E-state index is 0.0942. The van der Waals surface area contributed by atoms with Gasteiger partial charge in [-0.25, -0.2) is 4.98 Å². The third-order valence-electron chi connectivity index (χ3n) is 7.48. The second kappa shape index (κ2) is 11.3. The van der Waals surface area contributed by atoms with Crippen molar-refractivity contribution >= 4 is 16.9 Å². The third-order valence-corrected chi connectivity index (χ3v) is 7.48. The number of halogens is 1. The zero-order chi connectivity index (χ0) is 26.8. The Morgan fingerprint density at radius 1 is 1.30 bits per heavy atom. The predicted molar refractivity (Wildman–Crippen MR) is 138 cm³/mol. The molecule has 1 aromatic carbocycles. The molecule has 1 amide bonds. The Balaban J connectivity index is 1.54. The van der Waals surface area contributed by atoms with E-state index >= 15 is 0 Å². The Labute approximate surface area is 218 Å². The molecule has 3 heterocycles. The number of piperidine rings is 1. The molecule has 9 nitrogen and oxygen atoms in total. The zero-order valence-corrected chi connectivity index (χ0v) is 22.6. The van der Waals surface area contributed by atoms with Gasteiger partial charge in [-0.3, -0.25) is 9.69 Å². The summed E-state index contributed by atoms with van der Waals surface area (Å²) in [7, 11) is 0. The van der Waals surface area contributed by atoms with Gasteiger partial charge in [0.15, 0.2) is 0 Å². The number of benzene rings is 1. The number of aliphatic hydroxyl groups is 1. The molecule has 2 aromatic rings. The maximum Gasteiger partial charge on any atom is 0.251 e. The molecule has 3 unspecified atom stereocenters. The normalized spacial score (nSPS) is 23.3. The van der Waals surface area contributed by atoms with Crippen LogP contribution in [0.5, 0.6) is 0 Å². The lowest BCUT2D eigenvalue weighted by Crippen LogP contribution is -2.48. The van der Waals surface area contributed by atoms with Gasteiger partial charge >= 0.3 is 0 Å². The average molecular weight is 521 g/mol. The number of nitrogens with zero attached hydrogens (tertiary/aromatic N) is 3. The van der Waals surface area contributed by atoms with Crippen molar-refractivity contribution in [2.75, 3.05) is 26.3 Å². The molecule has 2 saturated heterocycles. The van der Waals surface area contributed by atoms with Crippen LogP contribution in [0.15, 0.2) is 18.2 Å². The summed E-state index contributed by atoms with van der Waals surface area (Å²) in [5.74, 6) is 0.638. The smallest absolute Gasteiger partial charge is 0.251 e. The van der Waals surface area contributed by atoms with Crippen molar-refractivity contribution < 1.29 is 28.8 Å². The fraction of sp³-hybridized carbons (Fsp3) is 0.704. The first-order valence-corrected chi connectivity index (χ1v) is 13.3. The summed E-state index contributed by atoms with van der Waals surface area (Å²) in [6.45, 7) is 13.2. The summed E-state index contributed by atoms with van der Waals surface area (Å²) < 4.78 is 26.7. The molecule has 0 radical (unpaired) electrons. The van der Waals surface area contributed by atoms with Crippen LogP contribution in [0.25, 0.3) is 11.0 Å². The van der Waals surface area contributed by atoms with Crippen LogP contribution in [0.3, 0.4) is 0 Å². The van der Waals surface area contributed by atoms with E-state index in [1.165, 1.54) is 0 Å². The van der Waals surface area contributed by atoms with Crippen molar-refractivity contribution in [3.05, 3.63) is 29.6 Å². The molecule has 4 rings (SSSR count). The summed E-state index contributed by atoms with van der Waals surface area (Å²) in [6, 6.07) is 5.53. The Kier molecular flexibility index (Phi) is 8.55. The van der Waals surface area contributed by atoms with E-state index in [1.807, 2.05) is 44.7 Å². The zero-order valence-electron chi connectivity index (χ0n) is 22.6. The highest BCUT2D eigenvalue weighted by molar-refractivity contribution is 5.97. The molecule has 10 heteroatoms. The molecule has 37 heavy (non-hydrogen) atoms. The molecule has 2 fully saturated rings. The van der Waals surface area contributed by atoms with Gasteiger partial charge in [0.2, 0.25) is 0 Å². The molecule has 2 aliphatic rings. The number of carbonyl (C=O) groups is 1. The van der Waals surface area contributed by atoms with Crippen molar-refractivity contribution in [2.45, 2.75) is 96.4 Å². The summed E-state index contributed by atoms with van der Waals surface area (Å²) in [5, 5.41) is 13.1. The molecule has 2 aliphatic heterocycles. The van der Waals surface area contributed by atoms with Gasteiger partial charge in [0.05, 0.1) is 54.1 Å². The second-order valence-corrected chi connectivity index (χ2v) is 11.6. The summed E-state index contributed by atoms with van der Waals surface area (Å²) >= 11 is 0. The first-order chi connectivity index (χ1) is 17.5. The quantitative estimate of drug-likeness (QED) is 0.469. The van der Waals surface area contributed by atoms with Gasteiger partial charge in [0.1, 0.15) is 11.9 Å². The number of nitrogens with one attached hydrogen (secondary N) is 1. The van der Waals surface area contributed by atoms with E-state index in [0.29, 0.717) is 38.2 Å². The number of ether oxygens (including phenoxy) is 2. The minimum atomic E-state index is -0.868. The molecular formula is C27H41FN4O5. The van der Waals surface area contributed by atoms with Crippen LogP contribution in [0.2, 0.25) is 0 Å². The van der Waals surface area contributed by atoms with Gasteiger partial charge in [0, 0.05) is 25.3 Å². The fourth-order valence-electron chi connectivity index (χ4n) is 4.56. The number of fused-ring (bicyclic) bond motifs is 1. The fourth-order valence-corrected chi connectivity index (χ4v) is 4.56. The molecule has 0 aliphatic carbocycles. The van der Waals surface area contributed by atoms with Gasteiger partial charge in [0.25, 0.3) is 5.91 Å². The lowest BCUT2D eigenvalue weighted by atomic mass is 10.0. The van der Waals surface area contributed by atoms with Crippen LogP contribution in [0, 0.1) is 0 Å². The standard InChI is InChI=1S/C27H41FN4O5/c1-6-27(4,5)36-17-26(2,3)30-25(34)18-7-8-20-21(13-18)32(14-19-10-12-35-19)24(29-20)16-31-11-9-22(33)23(15-31)37-28/h7-8,13,19,22-23,33H,6,9-12,14-17H2,1-5H3,(H,30,34). The van der Waals surface area contributed by atoms with Gasteiger partial charge in [-0.2, -0.15) is 4.94 Å². The van der Waals surface area contributed by atoms with Gasteiger partial charge in [-0.15, -0.1) is 0 Å². The lowest BCUT2D eigenvalue weighted by Gasteiger charge is -2.34. The van der Waals surface area contributed by atoms with Crippen molar-refractivity contribution in [2.24, 2.45) is 0 Å². The molecule has 0 bridgehead atoms. The molecule has 0 spiro atoms. The predicted octanol–water partition coefficient (Wildman–Crippen LogP) is 3.38. The summed E-state index contributed by atoms with van der Waals surface area (Å²) in [6.07, 6.45) is 0.690. The maximum absolute atomic E-state index is 13.2. The Hall–Kier alpha value is -2.11. The highest BCUT2D eigenvalue weighted by atomic mass is 19.3. The van der Waals surface area contributed by atoms with E-state index in [4.69, 9.17) is 14.5 Å². The van der Waals surface area contributed by atoms with Gasteiger partial charge in [-0.05, 0) is 69.7 Å². The number of aromatic nitrogens is 2. The molecular weight excluding hydrogens is 479 g/mol. The Bertz CT molecular complexity index is 1080. The highest BCUT2D eigenvalue weighted by Crippen LogP contribution is 2.25. The van der Waals surface area contributed by atoms with E-state index in [1.54, 1.807) is 6.07 Å². The van der Waals surface area contributed by atoms with Crippen LogP contribution < -0.4 is 5.32 Å². The van der Waals surface area contributed by atoms with E-state index < -0.39 is 17.7 Å². The van der Waals surface area contributed by atoms with Crippen molar-refractivity contribution in [3.8, 4) is 0 Å². The van der Waals surface area contributed by atoms with Crippen molar-refractivity contribution in [1.29, 1.82) is 0 Å². The largest absolute Gasteiger partial charge is 0.390 e. The lowest BCUT2D eigenvalue weighted by molar-refractivity contribution is -0.223. The number of aliphatic hydroxyl groups excluding tert-OH is 1. The van der Waals surface area contributed by atoms with Crippen molar-refractivity contribution in [1.82, 2.24) is 19.8 Å². The van der Waals surface area contributed by atoms with Crippen LogP contribution >= 0.6 is 0 Å². The topological polar surface area (TPSA) is 98.1 Å². The molecule has 1 aromatic heterocycles. The number of hydrogen-bond donors (Lipinski definition) is 2. The van der Waals surface area contributed by atoms with Crippen LogP contribution in [0.1, 0.15) is 70.1 Å². The number of imidazole rings is 1. The molecule has 2 N–H and O–H groups in total. The van der Waals surface area contributed by atoms with Crippen LogP contribution in [-0.4, -0.2) is 81.2 Å². The van der Waals surface area contributed by atoms with Crippen LogP contribution in [-0.2, 0) is 27.5 Å². The SMILES string of the molecule is CCC(C)(C)OCC(C)(C)NC(=O)c1ccc2nc(CN3CCC(O)C(OF)C3)n(CC3CCO3)c2c1. The second-order valence-electron chi connectivity index (χ2n) is 11.6. The number of carbonyl (C=O) groups excluding carboxylic acids is 1. The molecule has 0 saturated carbocycles. The first kappa shape index (κ1) is 27.9. The molecule has 206 valence electrons. The Morgan fingerprint density at radius 2 is 2.05 bits per heavy atom. The number of hydrogen-bond acceptors (Lipinski definition) is 7. The van der Waals surface area contributed by atoms with E-state index in [9.17, 15) is 14.4 Å². The Morgan fingerprint density at radius 3 is 2.70 bits per heavy atom. The van der Waals surface area contributed by atoms with Crippen molar-refractivity contribution in [3.63, 3.8) is 0 Å². The number of likely N-dealkylation sites (tertiary alicyclic amines) is 1. The first-order valence-electron chi connectivity index (χ1n) is 13.3. The van der Waals surface area contributed by atoms with E-state index in [0.717, 1.165) is 36.3 Å². The van der Waals surface area contributed by atoms with Gasteiger partial charge in [-0.1, -0.05) is 6.92 Å². The van der Waals surface area contributed by atoms with E-state index in [-0.39, 0.29) is 24.2 Å². The van der Waals surface area contributed by atoms with E-state index in [2.05, 4.69) is 21.7 Å². The van der Waals surface area contributed by atoms with Crippen LogP contribution in [0.4, 0.5) is 4.53 Å². The molecule has 3 atom stereocenters. The maximum atomic E-state index is 13.2. The highest BCUT2D eigenvalue weighted by Gasteiger charge is 2.31.